The van der Waals surface area contributed by atoms with Gasteiger partial charge in [0.25, 0.3) is 0 Å². The van der Waals surface area contributed by atoms with Gasteiger partial charge in [0.05, 0.1) is 24.8 Å². The number of likely N-dealkylation sites (tertiary alicyclic amines) is 1. The Morgan fingerprint density at radius 3 is 2.71 bits per heavy atom. The molecule has 1 N–H and O–H groups in total. The summed E-state index contributed by atoms with van der Waals surface area (Å²) >= 11 is 1.64. The third kappa shape index (κ3) is 4.16. The van der Waals surface area contributed by atoms with Crippen LogP contribution in [0.3, 0.4) is 0 Å². The fraction of sp³-hybridized carbons (Fsp3) is 0.333. The lowest BCUT2D eigenvalue weighted by atomic mass is 10.1. The number of hydrogen-bond donors (Lipinski definition) is 1. The Morgan fingerprint density at radius 2 is 1.97 bits per heavy atom. The molecule has 4 heterocycles. The molecule has 0 aliphatic carbocycles. The lowest BCUT2D eigenvalue weighted by molar-refractivity contribution is 0.153. The van der Waals surface area contributed by atoms with Gasteiger partial charge >= 0.3 is 0 Å². The first-order valence-electron chi connectivity index (χ1n) is 10.7. The van der Waals surface area contributed by atoms with Gasteiger partial charge in [0, 0.05) is 17.5 Å². The molecule has 1 atom stereocenters. The number of hydrogen-bond acceptors (Lipinski definition) is 7. The molecular formula is C24H26N4O2S. The van der Waals surface area contributed by atoms with E-state index in [2.05, 4.69) is 43.8 Å². The van der Waals surface area contributed by atoms with Crippen LogP contribution in [0.2, 0.25) is 0 Å². The van der Waals surface area contributed by atoms with E-state index in [1.165, 1.54) is 19.3 Å². The molecule has 1 aliphatic heterocycles. The van der Waals surface area contributed by atoms with E-state index in [9.17, 15) is 0 Å². The smallest absolute Gasteiger partial charge is 0.138 e. The molecule has 6 nitrogen and oxygen atoms in total. The van der Waals surface area contributed by atoms with Crippen molar-refractivity contribution in [2.24, 2.45) is 0 Å². The number of rotatable bonds is 7. The summed E-state index contributed by atoms with van der Waals surface area (Å²) in [5, 5.41) is 6.84. The molecule has 0 saturated carbocycles. The number of ether oxygens (including phenoxy) is 1. The van der Waals surface area contributed by atoms with E-state index in [4.69, 9.17) is 9.15 Å². The summed E-state index contributed by atoms with van der Waals surface area (Å²) in [4.78, 5) is 12.6. The minimum absolute atomic E-state index is 0.184. The molecule has 0 bridgehead atoms. The first kappa shape index (κ1) is 20.0. The van der Waals surface area contributed by atoms with Gasteiger partial charge in [-0.3, -0.25) is 4.90 Å². The van der Waals surface area contributed by atoms with Crippen molar-refractivity contribution < 1.29 is 9.15 Å². The van der Waals surface area contributed by atoms with Crippen LogP contribution in [0.1, 0.15) is 31.1 Å². The van der Waals surface area contributed by atoms with Gasteiger partial charge in [0.1, 0.15) is 28.5 Å². The fourth-order valence-corrected chi connectivity index (χ4v) is 5.22. The molecule has 31 heavy (non-hydrogen) atoms. The van der Waals surface area contributed by atoms with Crippen molar-refractivity contribution >= 4 is 27.4 Å². The summed E-state index contributed by atoms with van der Waals surface area (Å²) < 4.78 is 11.1. The predicted molar refractivity (Wildman–Crippen MR) is 125 cm³/mol. The van der Waals surface area contributed by atoms with Crippen molar-refractivity contribution in [2.75, 3.05) is 32.1 Å². The average molecular weight is 435 g/mol. The van der Waals surface area contributed by atoms with E-state index in [-0.39, 0.29) is 6.04 Å². The van der Waals surface area contributed by atoms with E-state index >= 15 is 0 Å². The van der Waals surface area contributed by atoms with Crippen molar-refractivity contribution in [2.45, 2.75) is 25.3 Å². The molecule has 7 heteroatoms. The maximum absolute atomic E-state index is 5.80. The highest BCUT2D eigenvalue weighted by Crippen LogP contribution is 2.37. The van der Waals surface area contributed by atoms with Crippen molar-refractivity contribution in [1.82, 2.24) is 14.9 Å². The highest BCUT2D eigenvalue weighted by molar-refractivity contribution is 7.17. The Hall–Kier alpha value is -2.90. The number of furan rings is 1. The molecule has 0 radical (unpaired) electrons. The Labute approximate surface area is 185 Å². The average Bonchev–Trinajstić information content (AvgIpc) is 3.51. The van der Waals surface area contributed by atoms with Gasteiger partial charge in [-0.25, -0.2) is 9.97 Å². The van der Waals surface area contributed by atoms with Crippen LogP contribution in [0.25, 0.3) is 21.3 Å². The van der Waals surface area contributed by atoms with Gasteiger partial charge in [-0.15, -0.1) is 11.3 Å². The topological polar surface area (TPSA) is 63.4 Å². The molecule has 0 amide bonds. The van der Waals surface area contributed by atoms with Crippen molar-refractivity contribution in [3.05, 3.63) is 60.1 Å². The summed E-state index contributed by atoms with van der Waals surface area (Å²) in [7, 11) is 1.68. The molecule has 1 saturated heterocycles. The summed E-state index contributed by atoms with van der Waals surface area (Å²) in [6.45, 7) is 2.93. The van der Waals surface area contributed by atoms with Gasteiger partial charge in [-0.2, -0.15) is 0 Å². The first-order valence-corrected chi connectivity index (χ1v) is 11.6. The van der Waals surface area contributed by atoms with Crippen LogP contribution in [0, 0.1) is 0 Å². The maximum atomic E-state index is 5.80. The number of anilines is 1. The van der Waals surface area contributed by atoms with Crippen LogP contribution in [0.4, 0.5) is 5.82 Å². The van der Waals surface area contributed by atoms with E-state index in [0.717, 1.165) is 58.3 Å². The summed E-state index contributed by atoms with van der Waals surface area (Å²) in [5.74, 6) is 2.71. The largest absolute Gasteiger partial charge is 0.497 e. The summed E-state index contributed by atoms with van der Waals surface area (Å²) in [6.07, 6.45) is 7.18. The molecule has 0 spiro atoms. The Bertz CT molecular complexity index is 1120. The van der Waals surface area contributed by atoms with E-state index in [1.54, 1.807) is 31.0 Å². The van der Waals surface area contributed by atoms with Crippen molar-refractivity contribution in [1.29, 1.82) is 0 Å². The molecule has 4 aromatic rings. The second-order valence-corrected chi connectivity index (χ2v) is 8.65. The molecule has 5 rings (SSSR count). The van der Waals surface area contributed by atoms with E-state index in [1.807, 2.05) is 18.2 Å². The van der Waals surface area contributed by atoms with E-state index < -0.39 is 0 Å². The number of nitrogens with zero attached hydrogens (tertiary/aromatic N) is 3. The van der Waals surface area contributed by atoms with E-state index in [0.29, 0.717) is 0 Å². The standard InChI is InChI=1S/C24H26N4O2S/c1-29-18-9-7-17(8-10-18)19-15-31-24-22(19)23(26-16-27-24)25-14-20(21-6-5-13-30-21)28-11-3-2-4-12-28/h5-10,13,15-16,20H,2-4,11-12,14H2,1H3,(H,25,26,27)/t20-/m0/s1. The Kier molecular flexibility index (Phi) is 5.86. The zero-order valence-corrected chi connectivity index (χ0v) is 18.4. The van der Waals surface area contributed by atoms with Gasteiger partial charge in [-0.1, -0.05) is 18.6 Å². The number of thiophene rings is 1. The van der Waals surface area contributed by atoms with Gasteiger partial charge < -0.3 is 14.5 Å². The van der Waals surface area contributed by atoms with Crippen molar-refractivity contribution in [3.63, 3.8) is 0 Å². The first-order chi connectivity index (χ1) is 15.3. The molecule has 1 fully saturated rings. The molecular weight excluding hydrogens is 408 g/mol. The van der Waals surface area contributed by atoms with Gasteiger partial charge in [0.15, 0.2) is 0 Å². The second-order valence-electron chi connectivity index (χ2n) is 7.79. The summed E-state index contributed by atoms with van der Waals surface area (Å²) in [6, 6.07) is 12.4. The SMILES string of the molecule is COc1ccc(-c2csc3ncnc(NC[C@@H](c4ccco4)N4CCCCC4)c23)cc1. The number of nitrogens with one attached hydrogen (secondary N) is 1. The molecule has 3 aromatic heterocycles. The molecule has 1 aromatic carbocycles. The lowest BCUT2D eigenvalue weighted by Gasteiger charge is -2.33. The van der Waals surface area contributed by atoms with Crippen LogP contribution < -0.4 is 10.1 Å². The monoisotopic (exact) mass is 434 g/mol. The Balaban J connectivity index is 1.44. The highest BCUT2D eigenvalue weighted by atomic mass is 32.1. The van der Waals surface area contributed by atoms with Crippen LogP contribution >= 0.6 is 11.3 Å². The third-order valence-electron chi connectivity index (χ3n) is 5.94. The number of benzene rings is 1. The Morgan fingerprint density at radius 1 is 1.13 bits per heavy atom. The third-order valence-corrected chi connectivity index (χ3v) is 6.82. The van der Waals surface area contributed by atoms with Crippen molar-refractivity contribution in [3.8, 4) is 16.9 Å². The predicted octanol–water partition coefficient (Wildman–Crippen LogP) is 5.60. The molecule has 1 aliphatic rings. The van der Waals surface area contributed by atoms with Gasteiger partial charge in [0.2, 0.25) is 0 Å². The van der Waals surface area contributed by atoms with Crippen LogP contribution in [-0.4, -0.2) is 41.6 Å². The molecule has 0 unspecified atom stereocenters. The number of piperidine rings is 1. The zero-order valence-electron chi connectivity index (χ0n) is 17.6. The quantitative estimate of drug-likeness (QED) is 0.409. The normalized spacial score (nSPS) is 15.8. The van der Waals surface area contributed by atoms with Gasteiger partial charge in [-0.05, 0) is 55.8 Å². The maximum Gasteiger partial charge on any atom is 0.138 e. The lowest BCUT2D eigenvalue weighted by Crippen LogP contribution is -2.37. The number of methoxy groups -OCH3 is 1. The zero-order chi connectivity index (χ0) is 21.0. The molecule has 160 valence electrons. The fourth-order valence-electron chi connectivity index (χ4n) is 4.31. The summed E-state index contributed by atoms with van der Waals surface area (Å²) in [5.41, 5.74) is 2.27. The number of fused-ring (bicyclic) bond motifs is 1. The minimum atomic E-state index is 0.184. The van der Waals surface area contributed by atoms with Crippen LogP contribution in [0.15, 0.2) is 58.8 Å². The number of aromatic nitrogens is 2. The minimum Gasteiger partial charge on any atom is -0.497 e. The van der Waals surface area contributed by atoms with Crippen LogP contribution in [-0.2, 0) is 0 Å². The highest BCUT2D eigenvalue weighted by Gasteiger charge is 2.25. The second kappa shape index (κ2) is 9.08. The van der Waals surface area contributed by atoms with Crippen LogP contribution in [0.5, 0.6) is 5.75 Å².